The summed E-state index contributed by atoms with van der Waals surface area (Å²) in [4.78, 5) is 37.2. The smallest absolute Gasteiger partial charge is 0.346 e. The molecule has 1 aromatic heterocycles. The lowest BCUT2D eigenvalue weighted by Crippen LogP contribution is -2.43. The molecular formula is C24H17F4NO7S. The summed E-state index contributed by atoms with van der Waals surface area (Å²) in [5.74, 6) is -9.27. The summed E-state index contributed by atoms with van der Waals surface area (Å²) in [6.07, 6.45) is -0.394. The van der Waals surface area contributed by atoms with Crippen LogP contribution in [0.25, 0.3) is 0 Å². The van der Waals surface area contributed by atoms with Crippen molar-refractivity contribution in [2.24, 2.45) is 0 Å². The van der Waals surface area contributed by atoms with Gasteiger partial charge in [0.25, 0.3) is 5.91 Å². The second-order valence-corrected chi connectivity index (χ2v) is 8.56. The molecular weight excluding hydrogens is 522 g/mol. The van der Waals surface area contributed by atoms with Crippen molar-refractivity contribution in [2.45, 2.75) is 13.0 Å². The van der Waals surface area contributed by atoms with Crippen molar-refractivity contribution >= 4 is 34.8 Å². The molecule has 37 heavy (non-hydrogen) atoms. The predicted octanol–water partition coefficient (Wildman–Crippen LogP) is 4.34. The highest BCUT2D eigenvalue weighted by Crippen LogP contribution is 2.36. The van der Waals surface area contributed by atoms with E-state index in [1.165, 1.54) is 12.5 Å². The molecule has 3 aromatic rings. The van der Waals surface area contributed by atoms with Gasteiger partial charge in [-0.05, 0) is 23.1 Å². The van der Waals surface area contributed by atoms with E-state index in [4.69, 9.17) is 14.2 Å². The number of methoxy groups -OCH3 is 1. The third kappa shape index (κ3) is 5.00. The number of thiophene rings is 1. The summed E-state index contributed by atoms with van der Waals surface area (Å²) in [5, 5.41) is 10.7. The molecule has 2 amide bonds. The first-order valence-corrected chi connectivity index (χ1v) is 11.4. The van der Waals surface area contributed by atoms with E-state index in [0.29, 0.717) is 17.0 Å². The Morgan fingerprint density at radius 2 is 1.78 bits per heavy atom. The number of nitrogens with zero attached hydrogens (tertiary/aromatic N) is 1. The Balaban J connectivity index is 1.66. The number of ether oxygens (including phenoxy) is 3. The van der Waals surface area contributed by atoms with Crippen molar-refractivity contribution in [1.82, 2.24) is 0 Å². The van der Waals surface area contributed by atoms with Gasteiger partial charge >= 0.3 is 5.97 Å². The Hall–Kier alpha value is -3.97. The summed E-state index contributed by atoms with van der Waals surface area (Å²) < 4.78 is 73.0. The van der Waals surface area contributed by atoms with E-state index in [0.717, 1.165) is 23.5 Å². The second-order valence-electron chi connectivity index (χ2n) is 7.68. The average Bonchev–Trinajstić information content (AvgIpc) is 3.27. The number of imide groups is 1. The fourth-order valence-electron chi connectivity index (χ4n) is 3.66. The topological polar surface area (TPSA) is 102 Å². The molecule has 194 valence electrons. The Bertz CT molecular complexity index is 1410. The highest BCUT2D eigenvalue weighted by atomic mass is 32.1. The number of rotatable bonds is 9. The summed E-state index contributed by atoms with van der Waals surface area (Å²) >= 11 is 0.739. The van der Waals surface area contributed by atoms with Crippen molar-refractivity contribution in [3.63, 3.8) is 0 Å². The maximum absolute atomic E-state index is 14.7. The zero-order valence-corrected chi connectivity index (χ0v) is 19.8. The number of benzene rings is 2. The van der Waals surface area contributed by atoms with Gasteiger partial charge in [-0.25, -0.2) is 27.3 Å². The third-order valence-corrected chi connectivity index (χ3v) is 6.40. The number of carbonyl (C=O) groups excluding carboxylic acids is 2. The molecule has 8 nitrogen and oxygen atoms in total. The first-order valence-electron chi connectivity index (χ1n) is 10.5. The van der Waals surface area contributed by atoms with Crippen LogP contribution in [0.2, 0.25) is 0 Å². The molecule has 2 heterocycles. The fraction of sp³-hybridized carbons (Fsp3) is 0.208. The van der Waals surface area contributed by atoms with E-state index in [9.17, 15) is 37.1 Å². The summed E-state index contributed by atoms with van der Waals surface area (Å²) in [7, 11) is 1.41. The number of hydrogen-bond acceptors (Lipinski definition) is 7. The minimum Gasteiger partial charge on any atom is -0.491 e. The molecule has 4 rings (SSSR count). The van der Waals surface area contributed by atoms with Crippen LogP contribution in [0.4, 0.5) is 23.2 Å². The van der Waals surface area contributed by atoms with Crippen LogP contribution in [0.3, 0.4) is 0 Å². The van der Waals surface area contributed by atoms with Gasteiger partial charge < -0.3 is 19.3 Å². The standard InChI is InChI=1S/C24H17F4NO7S/c1-34-4-5-35-17-3-2-13(25)21(28)12(17)9-36-18-8-16(14(26)7-15(18)27)29-19(30)6-11-10-37-22(24(32)33)20(11)23(29)31/h2-3,7-8,10H,4-6,9H2,1H3,(H,32,33). The number of carboxylic acid groups (broad SMARTS) is 1. The molecule has 0 saturated heterocycles. The largest absolute Gasteiger partial charge is 0.491 e. The molecule has 0 fully saturated rings. The van der Waals surface area contributed by atoms with Gasteiger partial charge in [0.15, 0.2) is 29.0 Å². The van der Waals surface area contributed by atoms with E-state index in [2.05, 4.69) is 0 Å². The highest BCUT2D eigenvalue weighted by molar-refractivity contribution is 7.12. The summed E-state index contributed by atoms with van der Waals surface area (Å²) in [6.45, 7) is -0.623. The van der Waals surface area contributed by atoms with Crippen LogP contribution in [0.5, 0.6) is 11.5 Å². The highest BCUT2D eigenvalue weighted by Gasteiger charge is 2.38. The van der Waals surface area contributed by atoms with E-state index < -0.39 is 71.1 Å². The lowest BCUT2D eigenvalue weighted by Gasteiger charge is -2.26. The SMILES string of the molecule is COCCOc1ccc(F)c(F)c1COc1cc(N2C(=O)Cc3csc(C(=O)O)c3C2=O)c(F)cc1F. The number of aromatic carboxylic acids is 1. The summed E-state index contributed by atoms with van der Waals surface area (Å²) in [6, 6.07) is 3.03. The van der Waals surface area contributed by atoms with Crippen molar-refractivity contribution in [3.8, 4) is 11.5 Å². The Morgan fingerprint density at radius 1 is 1.03 bits per heavy atom. The maximum Gasteiger partial charge on any atom is 0.346 e. The van der Waals surface area contributed by atoms with Gasteiger partial charge in [0, 0.05) is 19.2 Å². The average molecular weight is 539 g/mol. The van der Waals surface area contributed by atoms with Gasteiger partial charge in [-0.15, -0.1) is 11.3 Å². The molecule has 2 aromatic carbocycles. The normalized spacial score (nSPS) is 13.1. The molecule has 1 N–H and O–H groups in total. The van der Waals surface area contributed by atoms with Crippen molar-refractivity contribution in [1.29, 1.82) is 0 Å². The molecule has 0 bridgehead atoms. The first kappa shape index (κ1) is 26.1. The van der Waals surface area contributed by atoms with Crippen LogP contribution in [-0.4, -0.2) is 43.2 Å². The Kier molecular flexibility index (Phi) is 7.45. The number of halogens is 4. The quantitative estimate of drug-likeness (QED) is 0.245. The molecule has 0 saturated carbocycles. The fourth-order valence-corrected chi connectivity index (χ4v) is 4.55. The number of amides is 2. The van der Waals surface area contributed by atoms with E-state index in [-0.39, 0.29) is 35.0 Å². The Morgan fingerprint density at radius 3 is 2.49 bits per heavy atom. The molecule has 13 heteroatoms. The number of carboxylic acids is 1. The molecule has 1 aliphatic rings. The lowest BCUT2D eigenvalue weighted by molar-refractivity contribution is -0.117. The van der Waals surface area contributed by atoms with E-state index >= 15 is 0 Å². The number of hydrogen-bond donors (Lipinski definition) is 1. The van der Waals surface area contributed by atoms with Crippen LogP contribution < -0.4 is 14.4 Å². The molecule has 0 unspecified atom stereocenters. The van der Waals surface area contributed by atoms with Gasteiger partial charge in [-0.2, -0.15) is 0 Å². The van der Waals surface area contributed by atoms with Gasteiger partial charge in [0.2, 0.25) is 5.91 Å². The minimum absolute atomic E-state index is 0.00822. The van der Waals surface area contributed by atoms with E-state index in [1.807, 2.05) is 0 Å². The number of fused-ring (bicyclic) bond motifs is 1. The molecule has 0 spiro atoms. The van der Waals surface area contributed by atoms with Crippen LogP contribution in [0, 0.1) is 23.3 Å². The first-order chi connectivity index (χ1) is 17.6. The maximum atomic E-state index is 14.7. The van der Waals surface area contributed by atoms with Crippen LogP contribution in [0.15, 0.2) is 29.6 Å². The van der Waals surface area contributed by atoms with Gasteiger partial charge in [0.1, 0.15) is 23.8 Å². The van der Waals surface area contributed by atoms with Crippen molar-refractivity contribution in [2.75, 3.05) is 25.2 Å². The predicted molar refractivity (Wildman–Crippen MR) is 121 cm³/mol. The van der Waals surface area contributed by atoms with Gasteiger partial charge in [0.05, 0.1) is 29.8 Å². The van der Waals surface area contributed by atoms with Gasteiger partial charge in [-0.3, -0.25) is 9.59 Å². The zero-order chi connectivity index (χ0) is 26.9. The Labute approximate surface area is 210 Å². The molecule has 0 atom stereocenters. The van der Waals surface area contributed by atoms with Crippen molar-refractivity contribution in [3.05, 3.63) is 74.5 Å². The van der Waals surface area contributed by atoms with Crippen LogP contribution in [0.1, 0.15) is 31.2 Å². The van der Waals surface area contributed by atoms with E-state index in [1.54, 1.807) is 0 Å². The summed E-state index contributed by atoms with van der Waals surface area (Å²) in [5.41, 5.74) is -1.20. The zero-order valence-electron chi connectivity index (χ0n) is 19.0. The molecule has 0 aliphatic carbocycles. The minimum atomic E-state index is -1.40. The van der Waals surface area contributed by atoms with Crippen LogP contribution in [-0.2, 0) is 22.6 Å². The third-order valence-electron chi connectivity index (χ3n) is 5.38. The second kappa shape index (κ2) is 10.6. The monoisotopic (exact) mass is 539 g/mol. The molecule has 0 radical (unpaired) electrons. The van der Waals surface area contributed by atoms with Crippen molar-refractivity contribution < 1.29 is 51.3 Å². The molecule has 1 aliphatic heterocycles. The van der Waals surface area contributed by atoms with Crippen LogP contribution >= 0.6 is 11.3 Å². The van der Waals surface area contributed by atoms with Gasteiger partial charge in [-0.1, -0.05) is 0 Å². The number of carbonyl (C=O) groups is 3. The number of anilines is 1. The lowest BCUT2D eigenvalue weighted by atomic mass is 10.0.